The zero-order valence-corrected chi connectivity index (χ0v) is 16.8. The third kappa shape index (κ3) is 4.27. The summed E-state index contributed by atoms with van der Waals surface area (Å²) in [5.74, 6) is 0.935. The first-order chi connectivity index (χ1) is 11.7. The highest BCUT2D eigenvalue weighted by molar-refractivity contribution is 5.73. The van der Waals surface area contributed by atoms with Crippen molar-refractivity contribution in [2.75, 3.05) is 6.61 Å². The Morgan fingerprint density at radius 3 is 2.28 bits per heavy atom. The van der Waals surface area contributed by atoms with Gasteiger partial charge in [0.2, 0.25) is 0 Å². The second kappa shape index (κ2) is 7.65. The minimum absolute atomic E-state index is 0.160. The SMILES string of the molecule is CCCCCOc1cc2c(cc1C(C)=CC#N)C(C)(C)CCC2(C)C. The Balaban J connectivity index is 2.53. The van der Waals surface area contributed by atoms with Crippen LogP contribution < -0.4 is 4.74 Å². The minimum Gasteiger partial charge on any atom is -0.493 e. The van der Waals surface area contributed by atoms with Gasteiger partial charge < -0.3 is 4.74 Å². The van der Waals surface area contributed by atoms with Gasteiger partial charge in [0.05, 0.1) is 12.7 Å². The number of allylic oxidation sites excluding steroid dienone is 2. The predicted octanol–water partition coefficient (Wildman–Crippen LogP) is 6.53. The summed E-state index contributed by atoms with van der Waals surface area (Å²) in [6.45, 7) is 14.3. The summed E-state index contributed by atoms with van der Waals surface area (Å²) in [7, 11) is 0. The predicted molar refractivity (Wildman–Crippen MR) is 106 cm³/mol. The van der Waals surface area contributed by atoms with Crippen LogP contribution in [0.15, 0.2) is 18.2 Å². The number of nitriles is 1. The van der Waals surface area contributed by atoms with Crippen LogP contribution in [-0.4, -0.2) is 6.61 Å². The molecule has 0 amide bonds. The van der Waals surface area contributed by atoms with E-state index in [1.54, 1.807) is 6.08 Å². The van der Waals surface area contributed by atoms with Crippen molar-refractivity contribution < 1.29 is 4.74 Å². The number of fused-ring (bicyclic) bond motifs is 1. The lowest BCUT2D eigenvalue weighted by atomic mass is 9.62. The Kier molecular flexibility index (Phi) is 5.99. The summed E-state index contributed by atoms with van der Waals surface area (Å²) in [6.07, 6.45) is 7.45. The number of hydrogen-bond acceptors (Lipinski definition) is 2. The fraction of sp³-hybridized carbons (Fsp3) is 0.609. The highest BCUT2D eigenvalue weighted by Gasteiger charge is 2.38. The first-order valence-electron chi connectivity index (χ1n) is 9.61. The molecule has 25 heavy (non-hydrogen) atoms. The van der Waals surface area contributed by atoms with Crippen LogP contribution in [0.5, 0.6) is 5.75 Å². The van der Waals surface area contributed by atoms with E-state index in [4.69, 9.17) is 10.00 Å². The third-order valence-electron chi connectivity index (χ3n) is 5.66. The molecule has 2 heteroatoms. The number of nitrogens with zero attached hydrogens (tertiary/aromatic N) is 1. The monoisotopic (exact) mass is 339 g/mol. The Hall–Kier alpha value is -1.75. The van der Waals surface area contributed by atoms with Gasteiger partial charge in [-0.05, 0) is 65.8 Å². The van der Waals surface area contributed by atoms with Crippen molar-refractivity contribution in [2.24, 2.45) is 0 Å². The highest BCUT2D eigenvalue weighted by atomic mass is 16.5. The number of ether oxygens (including phenoxy) is 1. The van der Waals surface area contributed by atoms with Crippen LogP contribution >= 0.6 is 0 Å². The first-order valence-corrected chi connectivity index (χ1v) is 9.61. The third-order valence-corrected chi connectivity index (χ3v) is 5.66. The van der Waals surface area contributed by atoms with Gasteiger partial charge in [-0.3, -0.25) is 0 Å². The minimum atomic E-state index is 0.160. The zero-order valence-electron chi connectivity index (χ0n) is 16.8. The maximum atomic E-state index is 9.09. The Morgan fingerprint density at radius 1 is 1.12 bits per heavy atom. The van der Waals surface area contributed by atoms with E-state index in [1.165, 1.54) is 36.8 Å². The van der Waals surface area contributed by atoms with E-state index < -0.39 is 0 Å². The molecule has 0 N–H and O–H groups in total. The van der Waals surface area contributed by atoms with Gasteiger partial charge in [-0.1, -0.05) is 47.5 Å². The fourth-order valence-corrected chi connectivity index (χ4v) is 3.73. The van der Waals surface area contributed by atoms with E-state index in [0.29, 0.717) is 0 Å². The van der Waals surface area contributed by atoms with Crippen LogP contribution in [0.1, 0.15) is 90.3 Å². The molecule has 0 saturated heterocycles. The summed E-state index contributed by atoms with van der Waals surface area (Å²) >= 11 is 0. The lowest BCUT2D eigenvalue weighted by Gasteiger charge is -2.42. The Morgan fingerprint density at radius 2 is 1.72 bits per heavy atom. The van der Waals surface area contributed by atoms with Crippen molar-refractivity contribution in [3.05, 3.63) is 34.9 Å². The highest BCUT2D eigenvalue weighted by Crippen LogP contribution is 2.48. The number of benzene rings is 1. The number of hydrogen-bond donors (Lipinski definition) is 0. The van der Waals surface area contributed by atoms with Gasteiger partial charge in [-0.25, -0.2) is 0 Å². The van der Waals surface area contributed by atoms with Gasteiger partial charge in [0.25, 0.3) is 0 Å². The van der Waals surface area contributed by atoms with Gasteiger partial charge in [-0.2, -0.15) is 5.26 Å². The van der Waals surface area contributed by atoms with E-state index in [0.717, 1.165) is 29.9 Å². The average Bonchev–Trinajstić information content (AvgIpc) is 2.55. The van der Waals surface area contributed by atoms with E-state index in [2.05, 4.69) is 52.8 Å². The molecule has 0 heterocycles. The zero-order chi connectivity index (χ0) is 18.7. The smallest absolute Gasteiger partial charge is 0.127 e. The van der Waals surface area contributed by atoms with Crippen molar-refractivity contribution in [1.29, 1.82) is 5.26 Å². The van der Waals surface area contributed by atoms with Gasteiger partial charge in [0.15, 0.2) is 0 Å². The van der Waals surface area contributed by atoms with Crippen LogP contribution in [0.2, 0.25) is 0 Å². The van der Waals surface area contributed by atoms with Crippen molar-refractivity contribution in [1.82, 2.24) is 0 Å². The van der Waals surface area contributed by atoms with E-state index >= 15 is 0 Å². The molecule has 0 atom stereocenters. The van der Waals surface area contributed by atoms with E-state index in [1.807, 2.05) is 6.92 Å². The standard InChI is InChI=1S/C23H33NO/c1-7-8-9-14-25-21-16-20-19(15-18(21)17(2)10-13-24)22(3,4)11-12-23(20,5)6/h10,15-16H,7-9,11-12,14H2,1-6H3. The van der Waals surface area contributed by atoms with Crippen molar-refractivity contribution >= 4 is 5.57 Å². The maximum absolute atomic E-state index is 9.09. The molecule has 0 aromatic heterocycles. The topological polar surface area (TPSA) is 33.0 Å². The molecule has 1 aliphatic carbocycles. The second-order valence-corrected chi connectivity index (χ2v) is 8.67. The van der Waals surface area contributed by atoms with Crippen LogP contribution in [0, 0.1) is 11.3 Å². The van der Waals surface area contributed by atoms with Crippen molar-refractivity contribution in [3.63, 3.8) is 0 Å². The lowest BCUT2D eigenvalue weighted by Crippen LogP contribution is -2.34. The maximum Gasteiger partial charge on any atom is 0.127 e. The molecule has 0 fully saturated rings. The molecule has 0 aliphatic heterocycles. The molecular weight excluding hydrogens is 306 g/mol. The van der Waals surface area contributed by atoms with Crippen LogP contribution in [0.25, 0.3) is 5.57 Å². The quantitative estimate of drug-likeness (QED) is 0.436. The Bertz CT molecular complexity index is 689. The molecule has 0 spiro atoms. The molecule has 1 aromatic rings. The van der Waals surface area contributed by atoms with Gasteiger partial charge in [0.1, 0.15) is 5.75 Å². The van der Waals surface area contributed by atoms with Gasteiger partial charge in [-0.15, -0.1) is 0 Å². The summed E-state index contributed by atoms with van der Waals surface area (Å²) in [6, 6.07) is 6.71. The molecule has 0 saturated carbocycles. The summed E-state index contributed by atoms with van der Waals surface area (Å²) in [5, 5.41) is 9.09. The molecule has 1 aliphatic rings. The molecule has 2 nitrogen and oxygen atoms in total. The fourth-order valence-electron chi connectivity index (χ4n) is 3.73. The first kappa shape index (κ1) is 19.6. The summed E-state index contributed by atoms with van der Waals surface area (Å²) in [5.41, 5.74) is 5.19. The summed E-state index contributed by atoms with van der Waals surface area (Å²) < 4.78 is 6.18. The van der Waals surface area contributed by atoms with Crippen molar-refractivity contribution in [2.45, 2.75) is 84.5 Å². The van der Waals surface area contributed by atoms with Crippen LogP contribution in [-0.2, 0) is 10.8 Å². The Labute approximate surface area is 153 Å². The molecular formula is C23H33NO. The van der Waals surface area contributed by atoms with Gasteiger partial charge in [0, 0.05) is 11.6 Å². The van der Waals surface area contributed by atoms with E-state index in [-0.39, 0.29) is 10.8 Å². The number of unbranched alkanes of at least 4 members (excludes halogenated alkanes) is 2. The lowest BCUT2D eigenvalue weighted by molar-refractivity contribution is 0.298. The molecule has 2 rings (SSSR count). The molecule has 136 valence electrons. The molecule has 0 radical (unpaired) electrons. The second-order valence-electron chi connectivity index (χ2n) is 8.67. The van der Waals surface area contributed by atoms with E-state index in [9.17, 15) is 0 Å². The van der Waals surface area contributed by atoms with Gasteiger partial charge >= 0.3 is 0 Å². The normalized spacial score (nSPS) is 18.4. The van der Waals surface area contributed by atoms with Crippen LogP contribution in [0.3, 0.4) is 0 Å². The largest absolute Gasteiger partial charge is 0.493 e. The molecule has 0 bridgehead atoms. The average molecular weight is 340 g/mol. The summed E-state index contributed by atoms with van der Waals surface area (Å²) in [4.78, 5) is 0. The number of rotatable bonds is 6. The van der Waals surface area contributed by atoms with Crippen LogP contribution in [0.4, 0.5) is 0 Å². The molecule has 0 unspecified atom stereocenters. The van der Waals surface area contributed by atoms with Crippen molar-refractivity contribution in [3.8, 4) is 11.8 Å². The molecule has 1 aromatic carbocycles.